The summed E-state index contributed by atoms with van der Waals surface area (Å²) in [6.07, 6.45) is 0.0214. The molecule has 1 aromatic rings. The summed E-state index contributed by atoms with van der Waals surface area (Å²) in [5, 5.41) is 0.379. The molecule has 0 radical (unpaired) electrons. The Balaban J connectivity index is 3.21. The number of ether oxygens (including phenoxy) is 2. The van der Waals surface area contributed by atoms with Crippen molar-refractivity contribution in [1.29, 1.82) is 0 Å². The van der Waals surface area contributed by atoms with E-state index < -0.39 is 0 Å². The fourth-order valence-corrected chi connectivity index (χ4v) is 1.60. The van der Waals surface area contributed by atoms with Crippen LogP contribution in [-0.2, 0) is 0 Å². The summed E-state index contributed by atoms with van der Waals surface area (Å²) in [5.74, 6) is 0.968. The fourth-order valence-electron chi connectivity index (χ4n) is 1.31. The second-order valence-corrected chi connectivity index (χ2v) is 4.11. The van der Waals surface area contributed by atoms with Gasteiger partial charge in [0.15, 0.2) is 17.3 Å². The summed E-state index contributed by atoms with van der Waals surface area (Å²) in [6, 6.07) is 3.21. The summed E-state index contributed by atoms with van der Waals surface area (Å²) in [6.45, 7) is 5.28. The van der Waals surface area contributed by atoms with E-state index in [1.807, 2.05) is 13.8 Å². The zero-order valence-corrected chi connectivity index (χ0v) is 10.6. The molecule has 0 saturated heterocycles. The minimum Gasteiger partial charge on any atom is -0.493 e. The van der Waals surface area contributed by atoms with Gasteiger partial charge in [-0.05, 0) is 26.8 Å². The summed E-state index contributed by atoms with van der Waals surface area (Å²) in [4.78, 5) is 11.3. The van der Waals surface area contributed by atoms with Crippen molar-refractivity contribution < 1.29 is 14.3 Å². The van der Waals surface area contributed by atoms with Crippen molar-refractivity contribution in [3.63, 3.8) is 0 Å². The Kier molecular flexibility index (Phi) is 4.19. The van der Waals surface area contributed by atoms with Crippen molar-refractivity contribution in [2.45, 2.75) is 26.9 Å². The van der Waals surface area contributed by atoms with Crippen molar-refractivity contribution in [2.75, 3.05) is 7.11 Å². The molecule has 4 heteroatoms. The van der Waals surface area contributed by atoms with Crippen LogP contribution in [0.25, 0.3) is 0 Å². The van der Waals surface area contributed by atoms with Crippen LogP contribution in [0.15, 0.2) is 12.1 Å². The third-order valence-corrected chi connectivity index (χ3v) is 2.31. The van der Waals surface area contributed by atoms with Crippen LogP contribution in [-0.4, -0.2) is 19.0 Å². The number of hydrogen-bond acceptors (Lipinski definition) is 3. The summed E-state index contributed by atoms with van der Waals surface area (Å²) in [5.41, 5.74) is 0.439. The second kappa shape index (κ2) is 5.21. The average Bonchev–Trinajstić information content (AvgIpc) is 2.16. The Bertz CT molecular complexity index is 399. The van der Waals surface area contributed by atoms with E-state index in [-0.39, 0.29) is 11.9 Å². The van der Waals surface area contributed by atoms with E-state index in [9.17, 15) is 4.79 Å². The minimum absolute atomic E-state index is 0.0214. The van der Waals surface area contributed by atoms with Crippen LogP contribution in [0.2, 0.25) is 5.02 Å². The van der Waals surface area contributed by atoms with Gasteiger partial charge in [-0.25, -0.2) is 0 Å². The lowest BCUT2D eigenvalue weighted by Gasteiger charge is -2.15. The molecule has 3 nitrogen and oxygen atoms in total. The van der Waals surface area contributed by atoms with Gasteiger partial charge < -0.3 is 9.47 Å². The van der Waals surface area contributed by atoms with Crippen LogP contribution in [0, 0.1) is 0 Å². The van der Waals surface area contributed by atoms with Crippen LogP contribution in [0.4, 0.5) is 0 Å². The maximum atomic E-state index is 11.3. The van der Waals surface area contributed by atoms with E-state index in [1.54, 1.807) is 12.1 Å². The SMILES string of the molecule is COc1cc(C(C)=O)c(Cl)cc1OC(C)C. The van der Waals surface area contributed by atoms with Crippen molar-refractivity contribution in [3.8, 4) is 11.5 Å². The normalized spacial score (nSPS) is 10.4. The highest BCUT2D eigenvalue weighted by Gasteiger charge is 2.14. The third kappa shape index (κ3) is 2.89. The van der Waals surface area contributed by atoms with Gasteiger partial charge in [0.25, 0.3) is 0 Å². The summed E-state index contributed by atoms with van der Waals surface area (Å²) < 4.78 is 10.7. The number of rotatable bonds is 4. The number of Topliss-reactive ketones (excluding diaryl/α,β-unsaturated/α-hetero) is 1. The topological polar surface area (TPSA) is 35.5 Å². The first-order chi connectivity index (χ1) is 7.45. The van der Waals surface area contributed by atoms with Crippen LogP contribution in [0.5, 0.6) is 11.5 Å². The standard InChI is InChI=1S/C12H15ClO3/c1-7(2)16-12-6-10(13)9(8(3)14)5-11(12)15-4/h5-7H,1-4H3. The Morgan fingerprint density at radius 2 is 1.94 bits per heavy atom. The van der Waals surface area contributed by atoms with Crippen molar-refractivity contribution in [1.82, 2.24) is 0 Å². The highest BCUT2D eigenvalue weighted by Crippen LogP contribution is 2.34. The van der Waals surface area contributed by atoms with Crippen LogP contribution < -0.4 is 9.47 Å². The number of ketones is 1. The zero-order valence-electron chi connectivity index (χ0n) is 9.83. The molecule has 0 atom stereocenters. The average molecular weight is 243 g/mol. The zero-order chi connectivity index (χ0) is 12.3. The molecule has 0 fully saturated rings. The molecule has 0 saturated carbocycles. The largest absolute Gasteiger partial charge is 0.493 e. The molecule has 88 valence electrons. The van der Waals surface area contributed by atoms with Gasteiger partial charge >= 0.3 is 0 Å². The van der Waals surface area contributed by atoms with E-state index in [0.29, 0.717) is 22.1 Å². The quantitative estimate of drug-likeness (QED) is 0.760. The first kappa shape index (κ1) is 12.8. The fraction of sp³-hybridized carbons (Fsp3) is 0.417. The van der Waals surface area contributed by atoms with E-state index >= 15 is 0 Å². The van der Waals surface area contributed by atoms with Gasteiger partial charge in [0.2, 0.25) is 0 Å². The molecule has 0 amide bonds. The van der Waals surface area contributed by atoms with Crippen molar-refractivity contribution in [3.05, 3.63) is 22.7 Å². The lowest BCUT2D eigenvalue weighted by molar-refractivity contribution is 0.101. The number of halogens is 1. The maximum absolute atomic E-state index is 11.3. The van der Waals surface area contributed by atoms with Crippen molar-refractivity contribution in [2.24, 2.45) is 0 Å². The van der Waals surface area contributed by atoms with Crippen LogP contribution >= 0.6 is 11.6 Å². The van der Waals surface area contributed by atoms with Gasteiger partial charge in [-0.2, -0.15) is 0 Å². The molecule has 1 rings (SSSR count). The predicted molar refractivity (Wildman–Crippen MR) is 63.8 cm³/mol. The number of carbonyl (C=O) groups is 1. The molecule has 0 aliphatic rings. The minimum atomic E-state index is -0.0978. The lowest BCUT2D eigenvalue weighted by Crippen LogP contribution is -2.07. The molecule has 0 bridgehead atoms. The molecule has 0 aromatic heterocycles. The van der Waals surface area contributed by atoms with Gasteiger partial charge in [0, 0.05) is 11.6 Å². The van der Waals surface area contributed by atoms with E-state index in [4.69, 9.17) is 21.1 Å². The molecule has 0 N–H and O–H groups in total. The number of hydrogen-bond donors (Lipinski definition) is 0. The molecule has 0 aliphatic heterocycles. The monoisotopic (exact) mass is 242 g/mol. The highest BCUT2D eigenvalue weighted by molar-refractivity contribution is 6.34. The molecule has 0 aliphatic carbocycles. The molecule has 16 heavy (non-hydrogen) atoms. The third-order valence-electron chi connectivity index (χ3n) is 2.00. The molecule has 0 heterocycles. The second-order valence-electron chi connectivity index (χ2n) is 3.71. The lowest BCUT2D eigenvalue weighted by atomic mass is 10.1. The first-order valence-corrected chi connectivity index (χ1v) is 5.38. The smallest absolute Gasteiger partial charge is 0.163 e. The predicted octanol–water partition coefficient (Wildman–Crippen LogP) is 3.34. The number of benzene rings is 1. The number of methoxy groups -OCH3 is 1. The summed E-state index contributed by atoms with van der Waals surface area (Å²) >= 11 is 5.98. The van der Waals surface area contributed by atoms with Crippen molar-refractivity contribution >= 4 is 17.4 Å². The van der Waals surface area contributed by atoms with Gasteiger partial charge in [0.05, 0.1) is 18.2 Å². The van der Waals surface area contributed by atoms with Crippen LogP contribution in [0.1, 0.15) is 31.1 Å². The Morgan fingerprint density at radius 3 is 2.38 bits per heavy atom. The molecular weight excluding hydrogens is 228 g/mol. The Hall–Kier alpha value is -1.22. The van der Waals surface area contributed by atoms with Crippen LogP contribution in [0.3, 0.4) is 0 Å². The van der Waals surface area contributed by atoms with Gasteiger partial charge in [0.1, 0.15) is 0 Å². The number of carbonyl (C=O) groups excluding carboxylic acids is 1. The van der Waals surface area contributed by atoms with E-state index in [0.717, 1.165) is 0 Å². The van der Waals surface area contributed by atoms with E-state index in [2.05, 4.69) is 0 Å². The Labute approximate surface area is 100 Å². The molecule has 0 unspecified atom stereocenters. The van der Waals surface area contributed by atoms with Gasteiger partial charge in [-0.15, -0.1) is 0 Å². The first-order valence-electron chi connectivity index (χ1n) is 5.00. The molecule has 0 spiro atoms. The molecular formula is C12H15ClO3. The highest BCUT2D eigenvalue weighted by atomic mass is 35.5. The van der Waals surface area contributed by atoms with Gasteiger partial charge in [-0.3, -0.25) is 4.79 Å². The van der Waals surface area contributed by atoms with E-state index in [1.165, 1.54) is 14.0 Å². The summed E-state index contributed by atoms with van der Waals surface area (Å²) in [7, 11) is 1.53. The van der Waals surface area contributed by atoms with Gasteiger partial charge in [-0.1, -0.05) is 11.6 Å². The molecule has 1 aromatic carbocycles. The maximum Gasteiger partial charge on any atom is 0.163 e. The Morgan fingerprint density at radius 1 is 1.31 bits per heavy atom.